The van der Waals surface area contributed by atoms with Gasteiger partial charge in [0, 0.05) is 18.3 Å². The van der Waals surface area contributed by atoms with Gasteiger partial charge in [-0.15, -0.1) is 0 Å². The van der Waals surface area contributed by atoms with Gasteiger partial charge in [-0.2, -0.15) is 0 Å². The van der Waals surface area contributed by atoms with E-state index in [2.05, 4.69) is 53.4 Å². The summed E-state index contributed by atoms with van der Waals surface area (Å²) in [7, 11) is 1.72. The Balaban J connectivity index is 1.48. The lowest BCUT2D eigenvalue weighted by Crippen LogP contribution is -2.33. The molecule has 0 bridgehead atoms. The number of anilines is 1. The summed E-state index contributed by atoms with van der Waals surface area (Å²) >= 11 is 0. The largest absolute Gasteiger partial charge is 0.497 e. The summed E-state index contributed by atoms with van der Waals surface area (Å²) in [4.78, 5) is 2.66. The molecule has 2 aliphatic heterocycles. The summed E-state index contributed by atoms with van der Waals surface area (Å²) in [5.41, 5.74) is 4.44. The Hall–Kier alpha value is -1.96. The molecule has 0 radical (unpaired) electrons. The number of rotatable bonds is 3. The quantitative estimate of drug-likeness (QED) is 0.845. The van der Waals surface area contributed by atoms with Crippen molar-refractivity contribution in [3.63, 3.8) is 0 Å². The zero-order chi connectivity index (χ0) is 14.9. The standard InChI is InChI=1S/C20H23NO/c1-22-19-10-6-15(7-11-19)12-16-13-18-9-8-17-4-2-3-5-20(17)21(18)14-16/h2-7,10-11,16,18H,8-9,12-14H2,1H3/t16-,18-/m0/s1. The molecule has 2 aromatic carbocycles. The van der Waals surface area contributed by atoms with Gasteiger partial charge in [0.1, 0.15) is 5.75 Å². The van der Waals surface area contributed by atoms with Gasteiger partial charge >= 0.3 is 0 Å². The number of fused-ring (bicyclic) bond motifs is 3. The second-order valence-electron chi connectivity index (χ2n) is 6.63. The average Bonchev–Trinajstić information content (AvgIpc) is 2.98. The Kier molecular flexibility index (Phi) is 3.53. The average molecular weight is 293 g/mol. The summed E-state index contributed by atoms with van der Waals surface area (Å²) in [5.74, 6) is 1.71. The molecule has 2 heteroatoms. The predicted octanol–water partition coefficient (Wildman–Crippen LogP) is 4.08. The third-order valence-corrected chi connectivity index (χ3v) is 5.23. The molecule has 114 valence electrons. The third kappa shape index (κ3) is 2.47. The Morgan fingerprint density at radius 3 is 2.73 bits per heavy atom. The fourth-order valence-corrected chi connectivity index (χ4v) is 4.15. The topological polar surface area (TPSA) is 12.5 Å². The van der Waals surface area contributed by atoms with E-state index in [-0.39, 0.29) is 0 Å². The lowest BCUT2D eigenvalue weighted by Gasteiger charge is -2.33. The van der Waals surface area contributed by atoms with Crippen LogP contribution in [-0.4, -0.2) is 19.7 Å². The molecule has 2 aromatic rings. The molecular weight excluding hydrogens is 270 g/mol. The van der Waals surface area contributed by atoms with Gasteiger partial charge in [0.2, 0.25) is 0 Å². The van der Waals surface area contributed by atoms with Crippen LogP contribution in [0, 0.1) is 5.92 Å². The van der Waals surface area contributed by atoms with Crippen molar-refractivity contribution in [1.29, 1.82) is 0 Å². The monoisotopic (exact) mass is 293 g/mol. The van der Waals surface area contributed by atoms with Crippen molar-refractivity contribution in [3.05, 3.63) is 59.7 Å². The van der Waals surface area contributed by atoms with Crippen molar-refractivity contribution in [2.45, 2.75) is 31.7 Å². The first-order valence-corrected chi connectivity index (χ1v) is 8.31. The SMILES string of the molecule is COc1ccc(C[C@H]2C[C@@H]3CCc4ccccc4N3C2)cc1. The van der Waals surface area contributed by atoms with Crippen LogP contribution in [0.4, 0.5) is 5.69 Å². The molecule has 0 aliphatic carbocycles. The van der Waals surface area contributed by atoms with Crippen LogP contribution >= 0.6 is 0 Å². The van der Waals surface area contributed by atoms with Crippen molar-refractivity contribution in [2.75, 3.05) is 18.6 Å². The number of benzene rings is 2. The number of hydrogen-bond acceptors (Lipinski definition) is 2. The summed E-state index contributed by atoms with van der Waals surface area (Å²) in [6, 6.07) is 18.3. The van der Waals surface area contributed by atoms with E-state index in [0.717, 1.165) is 17.7 Å². The maximum atomic E-state index is 5.25. The first-order chi connectivity index (χ1) is 10.8. The molecule has 0 aromatic heterocycles. The molecule has 0 spiro atoms. The van der Waals surface area contributed by atoms with Crippen LogP contribution in [0.2, 0.25) is 0 Å². The molecule has 1 saturated heterocycles. The number of para-hydroxylation sites is 1. The molecule has 22 heavy (non-hydrogen) atoms. The van der Waals surface area contributed by atoms with Crippen molar-refractivity contribution in [1.82, 2.24) is 0 Å². The van der Waals surface area contributed by atoms with Gasteiger partial charge in [0.05, 0.1) is 7.11 Å². The van der Waals surface area contributed by atoms with Gasteiger partial charge in [-0.1, -0.05) is 30.3 Å². The summed E-state index contributed by atoms with van der Waals surface area (Å²) in [5, 5.41) is 0. The second-order valence-corrected chi connectivity index (χ2v) is 6.63. The maximum Gasteiger partial charge on any atom is 0.118 e. The van der Waals surface area contributed by atoms with Crippen LogP contribution in [-0.2, 0) is 12.8 Å². The molecule has 2 atom stereocenters. The van der Waals surface area contributed by atoms with Gasteiger partial charge in [0.15, 0.2) is 0 Å². The van der Waals surface area contributed by atoms with Crippen LogP contribution < -0.4 is 9.64 Å². The highest BCUT2D eigenvalue weighted by atomic mass is 16.5. The van der Waals surface area contributed by atoms with Crippen LogP contribution in [0.25, 0.3) is 0 Å². The minimum absolute atomic E-state index is 0.748. The maximum absolute atomic E-state index is 5.25. The fraction of sp³-hybridized carbons (Fsp3) is 0.400. The highest BCUT2D eigenvalue weighted by Gasteiger charge is 2.35. The van der Waals surface area contributed by atoms with E-state index in [9.17, 15) is 0 Å². The van der Waals surface area contributed by atoms with Gasteiger partial charge in [-0.3, -0.25) is 0 Å². The third-order valence-electron chi connectivity index (χ3n) is 5.23. The molecule has 0 saturated carbocycles. The Morgan fingerprint density at radius 1 is 1.09 bits per heavy atom. The van der Waals surface area contributed by atoms with Crippen molar-refractivity contribution < 1.29 is 4.74 Å². The smallest absolute Gasteiger partial charge is 0.118 e. The van der Waals surface area contributed by atoms with E-state index in [0.29, 0.717) is 0 Å². The summed E-state index contributed by atoms with van der Waals surface area (Å²) < 4.78 is 5.25. The minimum atomic E-state index is 0.748. The van der Waals surface area contributed by atoms with E-state index in [1.54, 1.807) is 7.11 Å². The Labute approximate surface area is 132 Å². The van der Waals surface area contributed by atoms with E-state index in [1.165, 1.54) is 49.0 Å². The molecule has 0 amide bonds. The van der Waals surface area contributed by atoms with E-state index < -0.39 is 0 Å². The molecular formula is C20H23NO. The van der Waals surface area contributed by atoms with Crippen molar-refractivity contribution in [3.8, 4) is 5.75 Å². The minimum Gasteiger partial charge on any atom is -0.497 e. The zero-order valence-electron chi connectivity index (χ0n) is 13.2. The van der Waals surface area contributed by atoms with Crippen LogP contribution in [0.1, 0.15) is 24.0 Å². The van der Waals surface area contributed by atoms with E-state index in [1.807, 2.05) is 0 Å². The van der Waals surface area contributed by atoms with E-state index in [4.69, 9.17) is 4.74 Å². The van der Waals surface area contributed by atoms with Crippen LogP contribution in [0.15, 0.2) is 48.5 Å². The summed E-state index contributed by atoms with van der Waals surface area (Å²) in [6.45, 7) is 1.20. The first kappa shape index (κ1) is 13.7. The first-order valence-electron chi connectivity index (χ1n) is 8.31. The van der Waals surface area contributed by atoms with Crippen molar-refractivity contribution in [2.24, 2.45) is 5.92 Å². The normalized spacial score (nSPS) is 23.0. The molecule has 0 unspecified atom stereocenters. The molecule has 2 heterocycles. The number of nitrogens with zero attached hydrogens (tertiary/aromatic N) is 1. The number of methoxy groups -OCH3 is 1. The number of aryl methyl sites for hydroxylation is 1. The van der Waals surface area contributed by atoms with Gasteiger partial charge in [-0.05, 0) is 60.9 Å². The van der Waals surface area contributed by atoms with Crippen LogP contribution in [0.3, 0.4) is 0 Å². The Morgan fingerprint density at radius 2 is 1.91 bits per heavy atom. The molecule has 2 aliphatic rings. The van der Waals surface area contributed by atoms with Crippen LogP contribution in [0.5, 0.6) is 5.75 Å². The molecule has 4 rings (SSSR count). The highest BCUT2D eigenvalue weighted by molar-refractivity contribution is 5.57. The lowest BCUT2D eigenvalue weighted by molar-refractivity contribution is 0.414. The van der Waals surface area contributed by atoms with Gasteiger partial charge in [0.25, 0.3) is 0 Å². The van der Waals surface area contributed by atoms with Gasteiger partial charge in [-0.25, -0.2) is 0 Å². The fourth-order valence-electron chi connectivity index (χ4n) is 4.15. The molecule has 1 fully saturated rings. The number of hydrogen-bond donors (Lipinski definition) is 0. The molecule has 0 N–H and O–H groups in total. The molecule has 2 nitrogen and oxygen atoms in total. The number of ether oxygens (including phenoxy) is 1. The Bertz CT molecular complexity index is 649. The highest BCUT2D eigenvalue weighted by Crippen LogP contribution is 2.39. The van der Waals surface area contributed by atoms with E-state index >= 15 is 0 Å². The lowest BCUT2D eigenvalue weighted by atomic mass is 9.93. The zero-order valence-corrected chi connectivity index (χ0v) is 13.2. The predicted molar refractivity (Wildman–Crippen MR) is 90.7 cm³/mol. The second kappa shape index (κ2) is 5.68. The van der Waals surface area contributed by atoms with Crippen molar-refractivity contribution >= 4 is 5.69 Å². The summed E-state index contributed by atoms with van der Waals surface area (Å²) in [6.07, 6.45) is 5.07. The van der Waals surface area contributed by atoms with Gasteiger partial charge < -0.3 is 9.64 Å².